The van der Waals surface area contributed by atoms with Crippen molar-refractivity contribution < 1.29 is 8.42 Å². The smallest absolute Gasteiger partial charge is 0.150 e. The van der Waals surface area contributed by atoms with Crippen molar-refractivity contribution in [3.8, 4) is 0 Å². The fourth-order valence-corrected chi connectivity index (χ4v) is 4.96. The molecular formula is C17H27NO2S. The molecule has 0 saturated carbocycles. The van der Waals surface area contributed by atoms with Crippen molar-refractivity contribution >= 4 is 9.84 Å². The van der Waals surface area contributed by atoms with Crippen molar-refractivity contribution in [1.82, 2.24) is 5.32 Å². The van der Waals surface area contributed by atoms with Gasteiger partial charge in [-0.15, -0.1) is 0 Å². The predicted octanol–water partition coefficient (Wildman–Crippen LogP) is 3.11. The summed E-state index contributed by atoms with van der Waals surface area (Å²) in [4.78, 5) is 0. The second-order valence-corrected chi connectivity index (χ2v) is 8.32. The molecule has 1 aliphatic heterocycles. The molecule has 1 aromatic rings. The SMILES string of the molecule is CCCNC(c1ccc(CCC)cc1)C1CCS(=O)(=O)C1. The van der Waals surface area contributed by atoms with Crippen LogP contribution in [0.4, 0.5) is 0 Å². The zero-order chi connectivity index (χ0) is 15.3. The number of rotatable bonds is 7. The Hall–Kier alpha value is -0.870. The number of aryl methyl sites for hydroxylation is 1. The average molecular weight is 309 g/mol. The van der Waals surface area contributed by atoms with E-state index < -0.39 is 9.84 Å². The maximum absolute atomic E-state index is 11.8. The van der Waals surface area contributed by atoms with E-state index in [4.69, 9.17) is 0 Å². The molecule has 0 radical (unpaired) electrons. The number of sulfone groups is 1. The van der Waals surface area contributed by atoms with Crippen LogP contribution in [0.15, 0.2) is 24.3 Å². The Morgan fingerprint density at radius 2 is 1.90 bits per heavy atom. The van der Waals surface area contributed by atoms with Crippen LogP contribution in [0.3, 0.4) is 0 Å². The van der Waals surface area contributed by atoms with Gasteiger partial charge in [0.1, 0.15) is 0 Å². The van der Waals surface area contributed by atoms with E-state index in [1.165, 1.54) is 11.1 Å². The van der Waals surface area contributed by atoms with E-state index in [-0.39, 0.29) is 12.0 Å². The molecule has 21 heavy (non-hydrogen) atoms. The first-order valence-corrected chi connectivity index (χ1v) is 9.90. The quantitative estimate of drug-likeness (QED) is 0.842. The van der Waals surface area contributed by atoms with Crippen molar-refractivity contribution in [2.45, 2.75) is 45.6 Å². The summed E-state index contributed by atoms with van der Waals surface area (Å²) in [6, 6.07) is 8.87. The first-order valence-electron chi connectivity index (χ1n) is 8.08. The molecule has 4 heteroatoms. The molecule has 0 bridgehead atoms. The van der Waals surface area contributed by atoms with Gasteiger partial charge < -0.3 is 5.32 Å². The molecule has 0 aromatic heterocycles. The van der Waals surface area contributed by atoms with Crippen molar-refractivity contribution in [3.63, 3.8) is 0 Å². The minimum atomic E-state index is -2.83. The highest BCUT2D eigenvalue weighted by molar-refractivity contribution is 7.91. The van der Waals surface area contributed by atoms with Gasteiger partial charge in [-0.25, -0.2) is 8.42 Å². The van der Waals surface area contributed by atoms with E-state index in [2.05, 4.69) is 43.4 Å². The van der Waals surface area contributed by atoms with E-state index in [1.807, 2.05) is 0 Å². The van der Waals surface area contributed by atoms with Crippen LogP contribution in [0.2, 0.25) is 0 Å². The van der Waals surface area contributed by atoms with Gasteiger partial charge in [-0.05, 0) is 42.9 Å². The molecule has 2 unspecified atom stereocenters. The lowest BCUT2D eigenvalue weighted by molar-refractivity contribution is 0.392. The van der Waals surface area contributed by atoms with Gasteiger partial charge in [0.25, 0.3) is 0 Å². The Balaban J connectivity index is 2.15. The van der Waals surface area contributed by atoms with Crippen LogP contribution in [0.1, 0.15) is 50.3 Å². The van der Waals surface area contributed by atoms with Gasteiger partial charge in [0.15, 0.2) is 9.84 Å². The second-order valence-electron chi connectivity index (χ2n) is 6.09. The summed E-state index contributed by atoms with van der Waals surface area (Å²) in [7, 11) is -2.83. The topological polar surface area (TPSA) is 46.2 Å². The van der Waals surface area contributed by atoms with Gasteiger partial charge in [0.05, 0.1) is 11.5 Å². The summed E-state index contributed by atoms with van der Waals surface area (Å²) in [6.45, 7) is 5.25. The zero-order valence-corrected chi connectivity index (χ0v) is 14.0. The van der Waals surface area contributed by atoms with Crippen LogP contribution in [-0.4, -0.2) is 26.5 Å². The summed E-state index contributed by atoms with van der Waals surface area (Å²) >= 11 is 0. The van der Waals surface area contributed by atoms with Crippen LogP contribution >= 0.6 is 0 Å². The van der Waals surface area contributed by atoms with Crippen LogP contribution < -0.4 is 5.32 Å². The molecule has 0 amide bonds. The summed E-state index contributed by atoms with van der Waals surface area (Å²) in [5, 5.41) is 3.55. The molecule has 0 spiro atoms. The lowest BCUT2D eigenvalue weighted by Gasteiger charge is -2.24. The fraction of sp³-hybridized carbons (Fsp3) is 0.647. The average Bonchev–Trinajstić information content (AvgIpc) is 2.81. The third-order valence-corrected chi connectivity index (χ3v) is 6.02. The molecular weight excluding hydrogens is 282 g/mol. The van der Waals surface area contributed by atoms with Crippen LogP contribution in [-0.2, 0) is 16.3 Å². The van der Waals surface area contributed by atoms with Gasteiger partial charge in [-0.1, -0.05) is 44.5 Å². The zero-order valence-electron chi connectivity index (χ0n) is 13.1. The molecule has 1 N–H and O–H groups in total. The Morgan fingerprint density at radius 1 is 1.19 bits per heavy atom. The van der Waals surface area contributed by atoms with Crippen molar-refractivity contribution in [2.24, 2.45) is 5.92 Å². The van der Waals surface area contributed by atoms with Gasteiger partial charge in [-0.3, -0.25) is 0 Å². The molecule has 3 nitrogen and oxygen atoms in total. The van der Waals surface area contributed by atoms with Crippen LogP contribution in [0.25, 0.3) is 0 Å². The fourth-order valence-electron chi connectivity index (χ4n) is 3.12. The van der Waals surface area contributed by atoms with Gasteiger partial charge in [0.2, 0.25) is 0 Å². The third-order valence-electron chi connectivity index (χ3n) is 4.23. The lowest BCUT2D eigenvalue weighted by atomic mass is 9.91. The molecule has 0 aliphatic carbocycles. The Morgan fingerprint density at radius 3 is 2.43 bits per heavy atom. The molecule has 1 saturated heterocycles. The maximum atomic E-state index is 11.8. The first kappa shape index (κ1) is 16.5. The molecule has 1 aliphatic rings. The van der Waals surface area contributed by atoms with Crippen LogP contribution in [0, 0.1) is 5.92 Å². The molecule has 1 aromatic carbocycles. The highest BCUT2D eigenvalue weighted by atomic mass is 32.2. The maximum Gasteiger partial charge on any atom is 0.150 e. The van der Waals surface area contributed by atoms with Crippen molar-refractivity contribution in [1.29, 1.82) is 0 Å². The largest absolute Gasteiger partial charge is 0.310 e. The van der Waals surface area contributed by atoms with Crippen molar-refractivity contribution in [2.75, 3.05) is 18.1 Å². The van der Waals surface area contributed by atoms with E-state index in [0.717, 1.165) is 32.2 Å². The molecule has 2 atom stereocenters. The third kappa shape index (κ3) is 4.55. The van der Waals surface area contributed by atoms with E-state index >= 15 is 0 Å². The minimum absolute atomic E-state index is 0.165. The Labute approximate surface area is 129 Å². The standard InChI is InChI=1S/C17H27NO2S/c1-3-5-14-6-8-15(9-7-14)17(18-11-4-2)16-10-12-21(19,20)13-16/h6-9,16-18H,3-5,10-13H2,1-2H3. The monoisotopic (exact) mass is 309 g/mol. The summed E-state index contributed by atoms with van der Waals surface area (Å²) in [5.41, 5.74) is 2.58. The molecule has 118 valence electrons. The van der Waals surface area contributed by atoms with Gasteiger partial charge in [0, 0.05) is 6.04 Å². The van der Waals surface area contributed by atoms with Gasteiger partial charge in [-0.2, -0.15) is 0 Å². The summed E-state index contributed by atoms with van der Waals surface area (Å²) in [6.07, 6.45) is 4.09. The van der Waals surface area contributed by atoms with Crippen LogP contribution in [0.5, 0.6) is 0 Å². The molecule has 2 rings (SSSR count). The summed E-state index contributed by atoms with van der Waals surface area (Å²) in [5.74, 6) is 0.875. The number of nitrogens with one attached hydrogen (secondary N) is 1. The number of hydrogen-bond donors (Lipinski definition) is 1. The minimum Gasteiger partial charge on any atom is -0.310 e. The van der Waals surface area contributed by atoms with E-state index in [1.54, 1.807) is 0 Å². The van der Waals surface area contributed by atoms with Gasteiger partial charge >= 0.3 is 0 Å². The Kier molecular flexibility index (Phi) is 5.82. The normalized spacial score (nSPS) is 22.3. The second kappa shape index (κ2) is 7.41. The van der Waals surface area contributed by atoms with Crippen molar-refractivity contribution in [3.05, 3.63) is 35.4 Å². The molecule has 1 heterocycles. The highest BCUT2D eigenvalue weighted by Gasteiger charge is 2.34. The Bertz CT molecular complexity index is 536. The number of benzene rings is 1. The predicted molar refractivity (Wildman–Crippen MR) is 88.2 cm³/mol. The first-order chi connectivity index (χ1) is 10.1. The highest BCUT2D eigenvalue weighted by Crippen LogP contribution is 2.31. The summed E-state index contributed by atoms with van der Waals surface area (Å²) < 4.78 is 23.5. The van der Waals surface area contributed by atoms with E-state index in [9.17, 15) is 8.42 Å². The molecule has 1 fully saturated rings. The lowest BCUT2D eigenvalue weighted by Crippen LogP contribution is -2.29. The van der Waals surface area contributed by atoms with E-state index in [0.29, 0.717) is 11.5 Å². The number of hydrogen-bond acceptors (Lipinski definition) is 3.